The third-order valence-corrected chi connectivity index (χ3v) is 3.77. The predicted octanol–water partition coefficient (Wildman–Crippen LogP) is 0.894. The monoisotopic (exact) mass is 332 g/mol. The maximum Gasteiger partial charge on any atom is 0.239 e. The number of oxazole rings is 1. The van der Waals surface area contributed by atoms with Crippen LogP contribution in [0.25, 0.3) is 11.1 Å². The summed E-state index contributed by atoms with van der Waals surface area (Å²) in [6.07, 6.45) is 0.485. The zero-order chi connectivity index (χ0) is 17.7. The number of rotatable bonds is 7. The molecule has 1 aromatic carbocycles. The largest absolute Gasteiger partial charge is 0.441 e. The van der Waals surface area contributed by atoms with Crippen molar-refractivity contribution in [3.63, 3.8) is 0 Å². The van der Waals surface area contributed by atoms with Crippen LogP contribution in [0.15, 0.2) is 22.6 Å². The van der Waals surface area contributed by atoms with Crippen LogP contribution in [0, 0.1) is 12.8 Å². The van der Waals surface area contributed by atoms with Crippen LogP contribution in [0.1, 0.15) is 25.3 Å². The molecule has 2 amide bonds. The van der Waals surface area contributed by atoms with Crippen molar-refractivity contribution in [1.29, 1.82) is 0 Å². The third kappa shape index (κ3) is 4.55. The number of hydrogen-bond donors (Lipinski definition) is 3. The maximum atomic E-state index is 11.7. The van der Waals surface area contributed by atoms with Crippen LogP contribution >= 0.6 is 0 Å². The number of fused-ring (bicyclic) bond motifs is 1. The number of nitrogens with one attached hydrogen (secondary N) is 2. The molecule has 0 radical (unpaired) electrons. The minimum Gasteiger partial charge on any atom is -0.441 e. The Balaban J connectivity index is 1.76. The van der Waals surface area contributed by atoms with Crippen molar-refractivity contribution in [2.75, 3.05) is 13.1 Å². The molecule has 1 atom stereocenters. The Bertz CT molecular complexity index is 724. The standard InChI is InChI=1S/C17H24N4O3/c1-10(2)15(18)17(23)20-9-13(22)19-8-7-14-21-16-11(3)5-4-6-12(16)24-14/h4-6,10,15H,7-9,18H2,1-3H3,(H,19,22)(H,20,23)/t15-/m0/s1. The van der Waals surface area contributed by atoms with Crippen LogP contribution in [-0.4, -0.2) is 35.9 Å². The van der Waals surface area contributed by atoms with E-state index in [1.54, 1.807) is 0 Å². The fraction of sp³-hybridized carbons (Fsp3) is 0.471. The molecule has 7 heteroatoms. The highest BCUT2D eigenvalue weighted by atomic mass is 16.3. The maximum absolute atomic E-state index is 11.7. The van der Waals surface area contributed by atoms with E-state index in [9.17, 15) is 9.59 Å². The van der Waals surface area contributed by atoms with Gasteiger partial charge in [0.05, 0.1) is 12.6 Å². The number of nitrogens with two attached hydrogens (primary N) is 1. The second-order valence-corrected chi connectivity index (χ2v) is 6.12. The summed E-state index contributed by atoms with van der Waals surface area (Å²) in [5.74, 6) is 0.00215. The van der Waals surface area contributed by atoms with E-state index in [4.69, 9.17) is 10.2 Å². The van der Waals surface area contributed by atoms with Crippen LogP contribution in [-0.2, 0) is 16.0 Å². The number of carbonyl (C=O) groups excluding carboxylic acids is 2. The molecule has 1 heterocycles. The number of aromatic nitrogens is 1. The summed E-state index contributed by atoms with van der Waals surface area (Å²) in [5, 5.41) is 5.25. The Morgan fingerprint density at radius 1 is 1.29 bits per heavy atom. The van der Waals surface area contributed by atoms with Gasteiger partial charge in [0.15, 0.2) is 11.5 Å². The summed E-state index contributed by atoms with van der Waals surface area (Å²) in [6.45, 7) is 5.97. The summed E-state index contributed by atoms with van der Waals surface area (Å²) in [5.41, 5.74) is 8.34. The van der Waals surface area contributed by atoms with Crippen LogP contribution in [0.2, 0.25) is 0 Å². The Labute approximate surface area is 141 Å². The molecular weight excluding hydrogens is 308 g/mol. The van der Waals surface area contributed by atoms with E-state index < -0.39 is 6.04 Å². The quantitative estimate of drug-likeness (QED) is 0.697. The zero-order valence-corrected chi connectivity index (χ0v) is 14.3. The molecule has 0 saturated heterocycles. The molecule has 7 nitrogen and oxygen atoms in total. The summed E-state index contributed by atoms with van der Waals surface area (Å²) < 4.78 is 5.64. The zero-order valence-electron chi connectivity index (χ0n) is 14.3. The van der Waals surface area contributed by atoms with Gasteiger partial charge in [0.1, 0.15) is 5.52 Å². The minimum atomic E-state index is -0.610. The van der Waals surface area contributed by atoms with E-state index in [0.29, 0.717) is 18.9 Å². The summed E-state index contributed by atoms with van der Waals surface area (Å²) in [6, 6.07) is 5.14. The fourth-order valence-corrected chi connectivity index (χ4v) is 2.20. The lowest BCUT2D eigenvalue weighted by molar-refractivity contribution is -0.127. The molecule has 24 heavy (non-hydrogen) atoms. The van der Waals surface area contributed by atoms with Crippen LogP contribution < -0.4 is 16.4 Å². The van der Waals surface area contributed by atoms with Gasteiger partial charge in [-0.15, -0.1) is 0 Å². The number of nitrogens with zero attached hydrogens (tertiary/aromatic N) is 1. The molecule has 0 aliphatic rings. The second-order valence-electron chi connectivity index (χ2n) is 6.12. The van der Waals surface area contributed by atoms with E-state index >= 15 is 0 Å². The summed E-state index contributed by atoms with van der Waals surface area (Å²) in [7, 11) is 0. The van der Waals surface area contributed by atoms with Crippen LogP contribution in [0.3, 0.4) is 0 Å². The van der Waals surface area contributed by atoms with E-state index in [1.165, 1.54) is 0 Å². The van der Waals surface area contributed by atoms with Gasteiger partial charge in [-0.3, -0.25) is 9.59 Å². The Kier molecular flexibility index (Phi) is 5.92. The van der Waals surface area contributed by atoms with Crippen molar-refractivity contribution >= 4 is 22.9 Å². The van der Waals surface area contributed by atoms with Gasteiger partial charge in [0, 0.05) is 13.0 Å². The number of para-hydroxylation sites is 1. The van der Waals surface area contributed by atoms with Gasteiger partial charge >= 0.3 is 0 Å². The molecule has 2 rings (SSSR count). The van der Waals surface area contributed by atoms with Crippen molar-refractivity contribution in [2.45, 2.75) is 33.2 Å². The molecule has 0 bridgehead atoms. The molecule has 0 unspecified atom stereocenters. The second kappa shape index (κ2) is 7.92. The van der Waals surface area contributed by atoms with Gasteiger partial charge in [0.2, 0.25) is 11.8 Å². The molecule has 0 aliphatic carbocycles. The van der Waals surface area contributed by atoms with Crippen molar-refractivity contribution in [3.8, 4) is 0 Å². The lowest BCUT2D eigenvalue weighted by Gasteiger charge is -2.15. The van der Waals surface area contributed by atoms with E-state index in [1.807, 2.05) is 39.0 Å². The summed E-state index contributed by atoms with van der Waals surface area (Å²) >= 11 is 0. The average Bonchev–Trinajstić information content (AvgIpc) is 2.96. The first kappa shape index (κ1) is 17.9. The van der Waals surface area contributed by atoms with Crippen molar-refractivity contribution in [3.05, 3.63) is 29.7 Å². The molecule has 1 aromatic heterocycles. The van der Waals surface area contributed by atoms with Gasteiger partial charge in [-0.05, 0) is 24.5 Å². The van der Waals surface area contributed by atoms with Crippen molar-refractivity contribution < 1.29 is 14.0 Å². The number of hydrogen-bond acceptors (Lipinski definition) is 5. The molecule has 0 aliphatic heterocycles. The van der Waals surface area contributed by atoms with Gasteiger partial charge < -0.3 is 20.8 Å². The highest BCUT2D eigenvalue weighted by Crippen LogP contribution is 2.18. The first-order valence-electron chi connectivity index (χ1n) is 8.03. The molecule has 0 spiro atoms. The molecule has 2 aromatic rings. The number of carbonyl (C=O) groups is 2. The van der Waals surface area contributed by atoms with Crippen molar-refractivity contribution in [1.82, 2.24) is 15.6 Å². The normalized spacial score (nSPS) is 12.4. The van der Waals surface area contributed by atoms with Gasteiger partial charge in [-0.25, -0.2) is 4.98 Å². The SMILES string of the molecule is Cc1cccc2oc(CCNC(=O)CNC(=O)[C@@H](N)C(C)C)nc12. The molecule has 130 valence electrons. The van der Waals surface area contributed by atoms with Crippen LogP contribution in [0.4, 0.5) is 0 Å². The van der Waals surface area contributed by atoms with E-state index in [2.05, 4.69) is 15.6 Å². The smallest absolute Gasteiger partial charge is 0.239 e. The molecule has 0 saturated carbocycles. The van der Waals surface area contributed by atoms with Gasteiger partial charge in [-0.1, -0.05) is 26.0 Å². The fourth-order valence-electron chi connectivity index (χ4n) is 2.20. The molecule has 0 fully saturated rings. The Hall–Kier alpha value is -2.41. The average molecular weight is 332 g/mol. The lowest BCUT2D eigenvalue weighted by Crippen LogP contribution is -2.47. The van der Waals surface area contributed by atoms with Gasteiger partial charge in [0.25, 0.3) is 0 Å². The van der Waals surface area contributed by atoms with E-state index in [-0.39, 0.29) is 24.3 Å². The topological polar surface area (TPSA) is 110 Å². The van der Waals surface area contributed by atoms with Gasteiger partial charge in [-0.2, -0.15) is 0 Å². The Morgan fingerprint density at radius 2 is 2.04 bits per heavy atom. The van der Waals surface area contributed by atoms with Crippen molar-refractivity contribution in [2.24, 2.45) is 11.7 Å². The number of amides is 2. The highest BCUT2D eigenvalue weighted by Gasteiger charge is 2.17. The number of benzene rings is 1. The summed E-state index contributed by atoms with van der Waals surface area (Å²) in [4.78, 5) is 27.8. The predicted molar refractivity (Wildman–Crippen MR) is 91.3 cm³/mol. The van der Waals surface area contributed by atoms with Crippen LogP contribution in [0.5, 0.6) is 0 Å². The Morgan fingerprint density at radius 3 is 2.71 bits per heavy atom. The number of aryl methyl sites for hydroxylation is 1. The first-order valence-corrected chi connectivity index (χ1v) is 8.03. The first-order chi connectivity index (χ1) is 11.4. The minimum absolute atomic E-state index is 0.0238. The molecular formula is C17H24N4O3. The third-order valence-electron chi connectivity index (χ3n) is 3.77. The highest BCUT2D eigenvalue weighted by molar-refractivity contribution is 5.87. The lowest BCUT2D eigenvalue weighted by atomic mass is 10.1. The molecule has 4 N–H and O–H groups in total. The van der Waals surface area contributed by atoms with E-state index in [0.717, 1.165) is 16.7 Å².